The highest BCUT2D eigenvalue weighted by atomic mass is 35.5. The van der Waals surface area contributed by atoms with Crippen LogP contribution in [0.4, 0.5) is 8.78 Å². The van der Waals surface area contributed by atoms with Gasteiger partial charge in [-0.15, -0.1) is 0 Å². The molecule has 0 bridgehead atoms. The molecule has 5 heteroatoms. The summed E-state index contributed by atoms with van der Waals surface area (Å²) in [6.45, 7) is 5.94. The van der Waals surface area contributed by atoms with Crippen molar-refractivity contribution in [2.45, 2.75) is 32.8 Å². The number of rotatable bonds is 5. The SMILES string of the molecule is CC(C)C[C@H](Oc1c(F)ccc(F)c1Cl)C1CCNC1. The van der Waals surface area contributed by atoms with E-state index in [0.717, 1.165) is 38.1 Å². The normalized spacial score (nSPS) is 20.4. The third kappa shape index (κ3) is 3.61. The fraction of sp³-hybridized carbons (Fsp3) is 0.600. The fourth-order valence-electron chi connectivity index (χ4n) is 2.56. The zero-order valence-electron chi connectivity index (χ0n) is 11.8. The van der Waals surface area contributed by atoms with Crippen LogP contribution in [-0.2, 0) is 0 Å². The van der Waals surface area contributed by atoms with Gasteiger partial charge in [0.05, 0.1) is 0 Å². The third-order valence-corrected chi connectivity index (χ3v) is 3.95. The Hall–Kier alpha value is -0.870. The first-order valence-corrected chi connectivity index (χ1v) is 7.37. The van der Waals surface area contributed by atoms with Gasteiger partial charge in [0.1, 0.15) is 16.9 Å². The minimum Gasteiger partial charge on any atom is -0.485 e. The van der Waals surface area contributed by atoms with Crippen LogP contribution in [0.5, 0.6) is 5.75 Å². The monoisotopic (exact) mass is 303 g/mol. The van der Waals surface area contributed by atoms with E-state index in [4.69, 9.17) is 16.3 Å². The minimum absolute atomic E-state index is 0.154. The largest absolute Gasteiger partial charge is 0.485 e. The molecular weight excluding hydrogens is 284 g/mol. The number of benzene rings is 1. The summed E-state index contributed by atoms with van der Waals surface area (Å²) in [6.07, 6.45) is 1.61. The van der Waals surface area contributed by atoms with Crippen LogP contribution in [0, 0.1) is 23.5 Å². The molecule has 1 saturated heterocycles. The molecule has 2 rings (SSSR count). The molecule has 1 N–H and O–H groups in total. The average Bonchev–Trinajstić information content (AvgIpc) is 2.91. The Bertz CT molecular complexity index is 461. The molecule has 1 aliphatic heterocycles. The highest BCUT2D eigenvalue weighted by Gasteiger charge is 2.29. The van der Waals surface area contributed by atoms with Crippen molar-refractivity contribution >= 4 is 11.6 Å². The Morgan fingerprint density at radius 2 is 2.05 bits per heavy atom. The van der Waals surface area contributed by atoms with Crippen molar-refractivity contribution in [2.75, 3.05) is 13.1 Å². The van der Waals surface area contributed by atoms with Crippen molar-refractivity contribution < 1.29 is 13.5 Å². The number of halogens is 3. The maximum Gasteiger partial charge on any atom is 0.176 e. The van der Waals surface area contributed by atoms with Crippen LogP contribution in [-0.4, -0.2) is 19.2 Å². The summed E-state index contributed by atoms with van der Waals surface area (Å²) in [5.41, 5.74) is 0. The van der Waals surface area contributed by atoms with Crippen molar-refractivity contribution in [3.05, 3.63) is 28.8 Å². The first-order valence-electron chi connectivity index (χ1n) is 7.00. The summed E-state index contributed by atoms with van der Waals surface area (Å²) in [5.74, 6) is -0.719. The van der Waals surface area contributed by atoms with E-state index < -0.39 is 11.6 Å². The standard InChI is InChI=1S/C15H20ClF2NO/c1-9(2)7-13(10-5-6-19-8-10)20-15-12(18)4-3-11(17)14(15)16/h3-4,9-10,13,19H,5-8H2,1-2H3/t10?,13-/m0/s1. The van der Waals surface area contributed by atoms with Gasteiger partial charge in [-0.05, 0) is 37.4 Å². The summed E-state index contributed by atoms with van der Waals surface area (Å²) in [5, 5.41) is 3.00. The lowest BCUT2D eigenvalue weighted by Crippen LogP contribution is -2.30. The van der Waals surface area contributed by atoms with Gasteiger partial charge in [0.25, 0.3) is 0 Å². The van der Waals surface area contributed by atoms with E-state index in [2.05, 4.69) is 19.2 Å². The molecule has 0 radical (unpaired) electrons. The molecule has 112 valence electrons. The van der Waals surface area contributed by atoms with Gasteiger partial charge in [-0.25, -0.2) is 8.78 Å². The highest BCUT2D eigenvalue weighted by Crippen LogP contribution is 2.34. The molecule has 1 unspecified atom stereocenters. The first-order chi connectivity index (χ1) is 9.49. The lowest BCUT2D eigenvalue weighted by molar-refractivity contribution is 0.114. The quantitative estimate of drug-likeness (QED) is 0.830. The fourth-order valence-corrected chi connectivity index (χ4v) is 2.76. The van der Waals surface area contributed by atoms with Crippen molar-refractivity contribution in [3.63, 3.8) is 0 Å². The second-order valence-corrected chi connectivity index (χ2v) is 6.09. The van der Waals surface area contributed by atoms with E-state index >= 15 is 0 Å². The molecule has 1 fully saturated rings. The molecule has 2 nitrogen and oxygen atoms in total. The van der Waals surface area contributed by atoms with Crippen molar-refractivity contribution in [1.82, 2.24) is 5.32 Å². The van der Waals surface area contributed by atoms with E-state index in [0.29, 0.717) is 11.8 Å². The lowest BCUT2D eigenvalue weighted by atomic mass is 9.93. The molecule has 20 heavy (non-hydrogen) atoms. The van der Waals surface area contributed by atoms with Crippen LogP contribution in [0.1, 0.15) is 26.7 Å². The lowest BCUT2D eigenvalue weighted by Gasteiger charge is -2.26. The predicted octanol–water partition coefficient (Wildman–Crippen LogP) is 4.02. The Labute approximate surface area is 123 Å². The number of hydrogen-bond donors (Lipinski definition) is 1. The van der Waals surface area contributed by atoms with Gasteiger partial charge in [0.15, 0.2) is 11.6 Å². The van der Waals surface area contributed by atoms with Gasteiger partial charge in [-0.3, -0.25) is 0 Å². The van der Waals surface area contributed by atoms with E-state index in [-0.39, 0.29) is 16.9 Å². The van der Waals surface area contributed by atoms with Crippen molar-refractivity contribution in [1.29, 1.82) is 0 Å². The van der Waals surface area contributed by atoms with E-state index in [1.165, 1.54) is 0 Å². The van der Waals surface area contributed by atoms with Crippen LogP contribution in [0.3, 0.4) is 0 Å². The number of nitrogens with one attached hydrogen (secondary N) is 1. The van der Waals surface area contributed by atoms with Gasteiger partial charge < -0.3 is 10.1 Å². The van der Waals surface area contributed by atoms with Gasteiger partial charge in [-0.1, -0.05) is 25.4 Å². The van der Waals surface area contributed by atoms with Crippen LogP contribution in [0.2, 0.25) is 5.02 Å². The zero-order valence-corrected chi connectivity index (χ0v) is 12.5. The maximum atomic E-state index is 13.8. The Kier molecular flexibility index (Phi) is 5.22. The van der Waals surface area contributed by atoms with E-state index in [9.17, 15) is 8.78 Å². The van der Waals surface area contributed by atoms with Crippen LogP contribution in [0.15, 0.2) is 12.1 Å². The van der Waals surface area contributed by atoms with Crippen molar-refractivity contribution in [2.24, 2.45) is 11.8 Å². The first kappa shape index (κ1) is 15.5. The molecule has 0 amide bonds. The molecule has 0 spiro atoms. The van der Waals surface area contributed by atoms with Gasteiger partial charge in [0.2, 0.25) is 0 Å². The smallest absolute Gasteiger partial charge is 0.176 e. The van der Waals surface area contributed by atoms with E-state index in [1.807, 2.05) is 0 Å². The van der Waals surface area contributed by atoms with Gasteiger partial charge >= 0.3 is 0 Å². The summed E-state index contributed by atoms with van der Waals surface area (Å²) < 4.78 is 33.0. The average molecular weight is 304 g/mol. The second kappa shape index (κ2) is 6.72. The Morgan fingerprint density at radius 1 is 1.35 bits per heavy atom. The summed E-state index contributed by atoms with van der Waals surface area (Å²) >= 11 is 5.83. The molecule has 1 heterocycles. The minimum atomic E-state index is -0.657. The molecule has 0 aliphatic carbocycles. The van der Waals surface area contributed by atoms with Crippen LogP contribution < -0.4 is 10.1 Å². The number of hydrogen-bond acceptors (Lipinski definition) is 2. The van der Waals surface area contributed by atoms with Gasteiger partial charge in [0, 0.05) is 12.5 Å². The van der Waals surface area contributed by atoms with Crippen molar-refractivity contribution in [3.8, 4) is 5.75 Å². The maximum absolute atomic E-state index is 13.8. The van der Waals surface area contributed by atoms with Crippen LogP contribution >= 0.6 is 11.6 Å². The van der Waals surface area contributed by atoms with Gasteiger partial charge in [-0.2, -0.15) is 0 Å². The topological polar surface area (TPSA) is 21.3 Å². The molecule has 1 aliphatic rings. The highest BCUT2D eigenvalue weighted by molar-refractivity contribution is 6.32. The Morgan fingerprint density at radius 3 is 2.65 bits per heavy atom. The summed E-state index contributed by atoms with van der Waals surface area (Å²) in [6, 6.07) is 2.06. The predicted molar refractivity (Wildman–Crippen MR) is 76.2 cm³/mol. The number of ether oxygens (including phenoxy) is 1. The molecule has 2 atom stereocenters. The molecule has 0 aromatic heterocycles. The molecule has 0 saturated carbocycles. The molecule has 1 aromatic rings. The molecule has 1 aromatic carbocycles. The zero-order chi connectivity index (χ0) is 14.7. The van der Waals surface area contributed by atoms with Crippen LogP contribution in [0.25, 0.3) is 0 Å². The summed E-state index contributed by atoms with van der Waals surface area (Å²) in [7, 11) is 0. The van der Waals surface area contributed by atoms with E-state index in [1.54, 1.807) is 0 Å². The third-order valence-electron chi connectivity index (χ3n) is 3.60. The Balaban J connectivity index is 2.20. The molecular formula is C15H20ClF2NO. The second-order valence-electron chi connectivity index (χ2n) is 5.71. The summed E-state index contributed by atoms with van der Waals surface area (Å²) in [4.78, 5) is 0.